The van der Waals surface area contributed by atoms with Crippen molar-refractivity contribution >= 4 is 29.2 Å². The molecule has 0 aromatic heterocycles. The number of anilines is 2. The van der Waals surface area contributed by atoms with Crippen LogP contribution in [-0.4, -0.2) is 37.5 Å². The lowest BCUT2D eigenvalue weighted by atomic mass is 10.1. The summed E-state index contributed by atoms with van der Waals surface area (Å²) < 4.78 is 10.6. The number of ether oxygens (including phenoxy) is 2. The first-order chi connectivity index (χ1) is 14.7. The maximum atomic E-state index is 12.7. The predicted octanol–water partition coefficient (Wildman–Crippen LogP) is 3.54. The van der Waals surface area contributed by atoms with Gasteiger partial charge in [-0.1, -0.05) is 18.2 Å². The standard InChI is InChI=1S/C24H28N2O5/c1-14-9-10-21(30-5)19(11-14)25-23(28)17(4)31-24(29)18-12-22(27)26(13-18)20-8-6-7-15(2)16(20)3/h6-11,17-18H,12-13H2,1-5H3,(H,25,28)/t17-,18-/m1/s1. The Bertz CT molecular complexity index is 1020. The van der Waals surface area contributed by atoms with Gasteiger partial charge in [-0.3, -0.25) is 14.4 Å². The van der Waals surface area contributed by atoms with Gasteiger partial charge in [-0.25, -0.2) is 0 Å². The van der Waals surface area contributed by atoms with Crippen molar-refractivity contribution in [3.05, 3.63) is 53.1 Å². The van der Waals surface area contributed by atoms with E-state index < -0.39 is 23.9 Å². The fourth-order valence-electron chi connectivity index (χ4n) is 3.60. The summed E-state index contributed by atoms with van der Waals surface area (Å²) in [6.07, 6.45) is -0.950. The Kier molecular flexibility index (Phi) is 6.63. The molecular weight excluding hydrogens is 396 g/mol. The topological polar surface area (TPSA) is 84.9 Å². The van der Waals surface area contributed by atoms with Crippen molar-refractivity contribution in [3.63, 3.8) is 0 Å². The number of carbonyl (C=O) groups excluding carboxylic acids is 3. The molecule has 0 radical (unpaired) electrons. The molecule has 0 bridgehead atoms. The van der Waals surface area contributed by atoms with Gasteiger partial charge in [-0.2, -0.15) is 0 Å². The van der Waals surface area contributed by atoms with Crippen LogP contribution in [0.3, 0.4) is 0 Å². The first kappa shape index (κ1) is 22.3. The van der Waals surface area contributed by atoms with E-state index in [1.807, 2.05) is 45.0 Å². The van der Waals surface area contributed by atoms with Gasteiger partial charge in [-0.15, -0.1) is 0 Å². The summed E-state index contributed by atoms with van der Waals surface area (Å²) >= 11 is 0. The van der Waals surface area contributed by atoms with Crippen LogP contribution in [0.2, 0.25) is 0 Å². The van der Waals surface area contributed by atoms with Crippen molar-refractivity contribution in [2.24, 2.45) is 5.92 Å². The van der Waals surface area contributed by atoms with Gasteiger partial charge in [-0.05, 0) is 62.6 Å². The third-order valence-electron chi connectivity index (χ3n) is 5.60. The van der Waals surface area contributed by atoms with Crippen LogP contribution in [0.5, 0.6) is 5.75 Å². The maximum absolute atomic E-state index is 12.7. The lowest BCUT2D eigenvalue weighted by Crippen LogP contribution is -2.33. The van der Waals surface area contributed by atoms with Crippen molar-refractivity contribution in [2.45, 2.75) is 40.2 Å². The molecule has 2 aromatic carbocycles. The Morgan fingerprint density at radius 2 is 1.90 bits per heavy atom. The highest BCUT2D eigenvalue weighted by Gasteiger charge is 2.38. The number of hydrogen-bond acceptors (Lipinski definition) is 5. The molecule has 2 aromatic rings. The van der Waals surface area contributed by atoms with E-state index in [0.717, 1.165) is 22.4 Å². The smallest absolute Gasteiger partial charge is 0.312 e. The quantitative estimate of drug-likeness (QED) is 0.717. The average molecular weight is 424 g/mol. The van der Waals surface area contributed by atoms with Crippen LogP contribution in [0, 0.1) is 26.7 Å². The highest BCUT2D eigenvalue weighted by molar-refractivity contribution is 6.01. The molecule has 1 saturated heterocycles. The van der Waals surface area contributed by atoms with Gasteiger partial charge in [0.2, 0.25) is 5.91 Å². The lowest BCUT2D eigenvalue weighted by molar-refractivity contribution is -0.157. The van der Waals surface area contributed by atoms with Crippen molar-refractivity contribution in [1.29, 1.82) is 0 Å². The first-order valence-corrected chi connectivity index (χ1v) is 10.2. The molecule has 1 fully saturated rings. The number of aryl methyl sites for hydroxylation is 2. The molecule has 0 saturated carbocycles. The van der Waals surface area contributed by atoms with Crippen LogP contribution in [0.4, 0.5) is 11.4 Å². The number of nitrogens with zero attached hydrogens (tertiary/aromatic N) is 1. The van der Waals surface area contributed by atoms with E-state index in [9.17, 15) is 14.4 Å². The second-order valence-corrected chi connectivity index (χ2v) is 7.90. The fourth-order valence-corrected chi connectivity index (χ4v) is 3.60. The van der Waals surface area contributed by atoms with Crippen LogP contribution in [-0.2, 0) is 19.1 Å². The Labute approximate surface area is 182 Å². The van der Waals surface area contributed by atoms with Crippen LogP contribution in [0.25, 0.3) is 0 Å². The predicted molar refractivity (Wildman–Crippen MR) is 118 cm³/mol. The first-order valence-electron chi connectivity index (χ1n) is 10.2. The Balaban J connectivity index is 1.63. The second kappa shape index (κ2) is 9.20. The Morgan fingerprint density at radius 1 is 1.16 bits per heavy atom. The summed E-state index contributed by atoms with van der Waals surface area (Å²) in [6, 6.07) is 11.2. The van der Waals surface area contributed by atoms with Gasteiger partial charge in [0.25, 0.3) is 5.91 Å². The van der Waals surface area contributed by atoms with E-state index in [2.05, 4.69) is 5.32 Å². The molecule has 2 atom stereocenters. The van der Waals surface area contributed by atoms with Gasteiger partial charge in [0.15, 0.2) is 6.10 Å². The van der Waals surface area contributed by atoms with Crippen LogP contribution in [0.15, 0.2) is 36.4 Å². The van der Waals surface area contributed by atoms with Crippen LogP contribution >= 0.6 is 0 Å². The zero-order chi connectivity index (χ0) is 22.7. The third-order valence-corrected chi connectivity index (χ3v) is 5.60. The zero-order valence-corrected chi connectivity index (χ0v) is 18.5. The molecule has 1 N–H and O–H groups in total. The minimum Gasteiger partial charge on any atom is -0.495 e. The number of methoxy groups -OCH3 is 1. The van der Waals surface area contributed by atoms with Gasteiger partial charge < -0.3 is 19.7 Å². The van der Waals surface area contributed by atoms with E-state index >= 15 is 0 Å². The number of amides is 2. The van der Waals surface area contributed by atoms with E-state index in [0.29, 0.717) is 11.4 Å². The van der Waals surface area contributed by atoms with Gasteiger partial charge >= 0.3 is 5.97 Å². The molecule has 1 aliphatic heterocycles. The molecule has 7 heteroatoms. The molecule has 164 valence electrons. The Hall–Kier alpha value is -3.35. The molecule has 0 unspecified atom stereocenters. The molecule has 7 nitrogen and oxygen atoms in total. The number of carbonyl (C=O) groups is 3. The summed E-state index contributed by atoms with van der Waals surface area (Å²) in [7, 11) is 1.52. The second-order valence-electron chi connectivity index (χ2n) is 7.90. The summed E-state index contributed by atoms with van der Waals surface area (Å²) in [4.78, 5) is 39.4. The lowest BCUT2D eigenvalue weighted by Gasteiger charge is -2.20. The molecular formula is C24H28N2O5. The van der Waals surface area contributed by atoms with Gasteiger partial charge in [0, 0.05) is 18.7 Å². The largest absolute Gasteiger partial charge is 0.495 e. The highest BCUT2D eigenvalue weighted by atomic mass is 16.5. The summed E-state index contributed by atoms with van der Waals surface area (Å²) in [5, 5.41) is 2.74. The maximum Gasteiger partial charge on any atom is 0.312 e. The number of hydrogen-bond donors (Lipinski definition) is 1. The molecule has 2 amide bonds. The zero-order valence-electron chi connectivity index (χ0n) is 18.5. The monoisotopic (exact) mass is 424 g/mol. The van der Waals surface area contributed by atoms with Crippen LogP contribution < -0.4 is 15.0 Å². The number of esters is 1. The SMILES string of the molecule is COc1ccc(C)cc1NC(=O)[C@@H](C)OC(=O)[C@@H]1CC(=O)N(c2cccc(C)c2C)C1. The van der Waals surface area contributed by atoms with E-state index in [1.165, 1.54) is 14.0 Å². The highest BCUT2D eigenvalue weighted by Crippen LogP contribution is 2.30. The van der Waals surface area contributed by atoms with Crippen molar-refractivity contribution < 1.29 is 23.9 Å². The molecule has 3 rings (SSSR count). The molecule has 1 aliphatic rings. The normalized spacial score (nSPS) is 16.7. The van der Waals surface area contributed by atoms with Crippen molar-refractivity contribution in [2.75, 3.05) is 23.9 Å². The molecule has 1 heterocycles. The minimum absolute atomic E-state index is 0.0618. The summed E-state index contributed by atoms with van der Waals surface area (Å²) in [5.41, 5.74) is 4.35. The number of nitrogens with one attached hydrogen (secondary N) is 1. The molecule has 31 heavy (non-hydrogen) atoms. The number of rotatable bonds is 6. The van der Waals surface area contributed by atoms with E-state index in [4.69, 9.17) is 9.47 Å². The van der Waals surface area contributed by atoms with Gasteiger partial charge in [0.1, 0.15) is 5.75 Å². The van der Waals surface area contributed by atoms with Crippen molar-refractivity contribution in [1.82, 2.24) is 0 Å². The number of benzene rings is 2. The minimum atomic E-state index is -1.01. The van der Waals surface area contributed by atoms with Crippen LogP contribution in [0.1, 0.15) is 30.0 Å². The molecule has 0 aliphatic carbocycles. The van der Waals surface area contributed by atoms with Crippen molar-refractivity contribution in [3.8, 4) is 5.75 Å². The third kappa shape index (κ3) is 4.87. The average Bonchev–Trinajstić information content (AvgIpc) is 3.11. The summed E-state index contributed by atoms with van der Waals surface area (Å²) in [5.74, 6) is -1.25. The fraction of sp³-hybridized carbons (Fsp3) is 0.375. The molecule has 0 spiro atoms. The van der Waals surface area contributed by atoms with Gasteiger partial charge in [0.05, 0.1) is 18.7 Å². The Morgan fingerprint density at radius 3 is 2.61 bits per heavy atom. The van der Waals surface area contributed by atoms with E-state index in [1.54, 1.807) is 17.0 Å². The summed E-state index contributed by atoms with van der Waals surface area (Å²) in [6.45, 7) is 7.58. The van der Waals surface area contributed by atoms with E-state index in [-0.39, 0.29) is 18.9 Å².